The van der Waals surface area contributed by atoms with Crippen LogP contribution in [0.3, 0.4) is 0 Å². The molecule has 1 aromatic carbocycles. The van der Waals surface area contributed by atoms with Crippen molar-refractivity contribution in [2.45, 2.75) is 45.7 Å². The molecule has 142 valence electrons. The first-order chi connectivity index (χ1) is 12.9. The number of rotatable bonds is 3. The predicted molar refractivity (Wildman–Crippen MR) is 110 cm³/mol. The van der Waals surface area contributed by atoms with Crippen LogP contribution in [0.5, 0.6) is 0 Å². The number of aryl methyl sites for hydroxylation is 3. The first-order valence-corrected chi connectivity index (χ1v) is 10.6. The lowest BCUT2D eigenvalue weighted by atomic mass is 9.99. The number of hydrogen-bond acceptors (Lipinski definition) is 4. The van der Waals surface area contributed by atoms with Gasteiger partial charge in [-0.3, -0.25) is 9.20 Å². The van der Waals surface area contributed by atoms with Gasteiger partial charge in [-0.2, -0.15) is 0 Å². The third kappa shape index (κ3) is 3.43. The molecule has 1 amide bonds. The molecule has 27 heavy (non-hydrogen) atoms. The monoisotopic (exact) mass is 382 g/mol. The van der Waals surface area contributed by atoms with E-state index < -0.39 is 0 Å². The minimum absolute atomic E-state index is 0.202. The fourth-order valence-electron chi connectivity index (χ4n) is 4.00. The summed E-state index contributed by atoms with van der Waals surface area (Å²) in [6.07, 6.45) is 2.21. The van der Waals surface area contributed by atoms with E-state index >= 15 is 0 Å². The van der Waals surface area contributed by atoms with Gasteiger partial charge in [0.2, 0.25) is 5.91 Å². The minimum atomic E-state index is 0.202. The summed E-state index contributed by atoms with van der Waals surface area (Å²) in [6.45, 7) is 10.3. The van der Waals surface area contributed by atoms with Crippen molar-refractivity contribution in [3.05, 3.63) is 34.9 Å². The second-order valence-electron chi connectivity index (χ2n) is 7.84. The van der Waals surface area contributed by atoms with E-state index in [9.17, 15) is 4.79 Å². The Hall–Kier alpha value is -2.08. The van der Waals surface area contributed by atoms with Gasteiger partial charge in [-0.15, -0.1) is 10.2 Å². The number of aromatic nitrogens is 3. The van der Waals surface area contributed by atoms with E-state index in [0.717, 1.165) is 53.7 Å². The average Bonchev–Trinajstić information content (AvgIpc) is 3.04. The van der Waals surface area contributed by atoms with Crippen molar-refractivity contribution >= 4 is 34.2 Å². The topological polar surface area (TPSA) is 50.5 Å². The summed E-state index contributed by atoms with van der Waals surface area (Å²) in [7, 11) is 0. The molecule has 4 rings (SSSR count). The molecular weight excluding hydrogens is 356 g/mol. The largest absolute Gasteiger partial charge is 0.342 e. The molecule has 5 nitrogen and oxygen atoms in total. The second kappa shape index (κ2) is 7.15. The van der Waals surface area contributed by atoms with Gasteiger partial charge in [0.05, 0.1) is 11.3 Å². The summed E-state index contributed by atoms with van der Waals surface area (Å²) < 4.78 is 2.12. The van der Waals surface area contributed by atoms with Gasteiger partial charge in [-0.1, -0.05) is 30.3 Å². The molecule has 1 fully saturated rings. The highest BCUT2D eigenvalue weighted by molar-refractivity contribution is 7.99. The van der Waals surface area contributed by atoms with Gasteiger partial charge in [0, 0.05) is 13.1 Å². The number of pyridine rings is 1. The number of carbonyl (C=O) groups is 1. The van der Waals surface area contributed by atoms with E-state index in [4.69, 9.17) is 0 Å². The Bertz CT molecular complexity index is 1020. The molecule has 0 saturated carbocycles. The third-order valence-corrected chi connectivity index (χ3v) is 6.43. The maximum atomic E-state index is 12.6. The zero-order valence-corrected chi connectivity index (χ0v) is 17.3. The normalized spacial score (nSPS) is 15.8. The van der Waals surface area contributed by atoms with Gasteiger partial charge in [-0.25, -0.2) is 0 Å². The second-order valence-corrected chi connectivity index (χ2v) is 8.78. The predicted octanol–water partition coefficient (Wildman–Crippen LogP) is 4.16. The molecule has 3 heterocycles. The summed E-state index contributed by atoms with van der Waals surface area (Å²) in [4.78, 5) is 14.6. The lowest BCUT2D eigenvalue weighted by molar-refractivity contribution is -0.129. The van der Waals surface area contributed by atoms with Gasteiger partial charge in [0.1, 0.15) is 0 Å². The van der Waals surface area contributed by atoms with Crippen LogP contribution in [0.15, 0.2) is 23.4 Å². The zero-order valence-electron chi connectivity index (χ0n) is 16.5. The molecular formula is C21H26N4OS. The number of fused-ring (bicyclic) bond motifs is 3. The van der Waals surface area contributed by atoms with E-state index in [2.05, 4.69) is 60.5 Å². The molecule has 1 saturated heterocycles. The van der Waals surface area contributed by atoms with E-state index in [1.807, 2.05) is 4.90 Å². The fraction of sp³-hybridized carbons (Fsp3) is 0.476. The van der Waals surface area contributed by atoms with Crippen LogP contribution in [0, 0.1) is 26.7 Å². The van der Waals surface area contributed by atoms with Crippen LogP contribution in [-0.2, 0) is 4.79 Å². The van der Waals surface area contributed by atoms with Crippen molar-refractivity contribution in [1.82, 2.24) is 19.5 Å². The molecule has 0 atom stereocenters. The minimum Gasteiger partial charge on any atom is -0.342 e. The first kappa shape index (κ1) is 18.3. The number of benzene rings is 1. The number of likely N-dealkylation sites (tertiary alicyclic amines) is 1. The molecule has 0 radical (unpaired) electrons. The Morgan fingerprint density at radius 2 is 1.85 bits per heavy atom. The van der Waals surface area contributed by atoms with Crippen molar-refractivity contribution in [2.24, 2.45) is 5.92 Å². The van der Waals surface area contributed by atoms with Crippen molar-refractivity contribution in [1.29, 1.82) is 0 Å². The Labute approximate surface area is 164 Å². The summed E-state index contributed by atoms with van der Waals surface area (Å²) >= 11 is 1.49. The number of carbonyl (C=O) groups excluding carboxylic acids is 1. The third-order valence-electron chi connectivity index (χ3n) is 5.52. The molecule has 3 aromatic rings. The van der Waals surface area contributed by atoms with Crippen molar-refractivity contribution < 1.29 is 4.79 Å². The Kier molecular flexibility index (Phi) is 4.84. The molecule has 1 aliphatic heterocycles. The van der Waals surface area contributed by atoms with Gasteiger partial charge in [-0.05, 0) is 68.2 Å². The lowest BCUT2D eigenvalue weighted by Gasteiger charge is -2.30. The van der Waals surface area contributed by atoms with Crippen molar-refractivity contribution in [3.8, 4) is 0 Å². The zero-order chi connectivity index (χ0) is 19.1. The van der Waals surface area contributed by atoms with E-state index in [1.54, 1.807) is 0 Å². The van der Waals surface area contributed by atoms with Crippen LogP contribution in [-0.4, -0.2) is 44.2 Å². The van der Waals surface area contributed by atoms with Crippen LogP contribution in [0.25, 0.3) is 16.6 Å². The standard InChI is InChI=1S/C21H26N4OS/c1-13-5-7-24(8-6-13)18(26)12-27-21-23-22-20-16(4)11-17-10-14(2)9-15(3)19(17)25(20)21/h9-11,13H,5-8,12H2,1-4H3. The average molecular weight is 383 g/mol. The first-order valence-electron chi connectivity index (χ1n) is 9.60. The lowest BCUT2D eigenvalue weighted by Crippen LogP contribution is -2.38. The Morgan fingerprint density at radius 3 is 2.59 bits per heavy atom. The Morgan fingerprint density at radius 1 is 1.11 bits per heavy atom. The summed E-state index contributed by atoms with van der Waals surface area (Å²) in [6, 6.07) is 6.56. The van der Waals surface area contributed by atoms with Crippen LogP contribution >= 0.6 is 11.8 Å². The number of nitrogens with zero attached hydrogens (tertiary/aromatic N) is 4. The van der Waals surface area contributed by atoms with Gasteiger partial charge < -0.3 is 4.90 Å². The quantitative estimate of drug-likeness (QED) is 0.638. The van der Waals surface area contributed by atoms with Crippen LogP contribution in [0.2, 0.25) is 0 Å². The number of piperidine rings is 1. The highest BCUT2D eigenvalue weighted by Crippen LogP contribution is 2.29. The Balaban J connectivity index is 1.65. The van der Waals surface area contributed by atoms with Crippen LogP contribution < -0.4 is 0 Å². The molecule has 0 unspecified atom stereocenters. The highest BCUT2D eigenvalue weighted by atomic mass is 32.2. The van der Waals surface area contributed by atoms with Gasteiger partial charge >= 0.3 is 0 Å². The highest BCUT2D eigenvalue weighted by Gasteiger charge is 2.21. The molecule has 0 bridgehead atoms. The maximum absolute atomic E-state index is 12.6. The smallest absolute Gasteiger partial charge is 0.233 e. The molecule has 0 aliphatic carbocycles. The van der Waals surface area contributed by atoms with E-state index in [0.29, 0.717) is 5.75 Å². The molecule has 1 aliphatic rings. The van der Waals surface area contributed by atoms with E-state index in [-0.39, 0.29) is 5.91 Å². The fourth-order valence-corrected chi connectivity index (χ4v) is 4.84. The summed E-state index contributed by atoms with van der Waals surface area (Å²) in [5, 5.41) is 10.8. The molecule has 2 aromatic heterocycles. The van der Waals surface area contributed by atoms with Gasteiger partial charge in [0.25, 0.3) is 0 Å². The number of thioether (sulfide) groups is 1. The number of hydrogen-bond donors (Lipinski definition) is 0. The van der Waals surface area contributed by atoms with Crippen molar-refractivity contribution in [2.75, 3.05) is 18.8 Å². The summed E-state index contributed by atoms with van der Waals surface area (Å²) in [5.74, 6) is 1.34. The van der Waals surface area contributed by atoms with E-state index in [1.165, 1.54) is 28.3 Å². The SMILES string of the molecule is Cc1cc(C)c2c(c1)cc(C)c1nnc(SCC(=O)N3CCC(C)CC3)n12. The van der Waals surface area contributed by atoms with Crippen molar-refractivity contribution in [3.63, 3.8) is 0 Å². The summed E-state index contributed by atoms with van der Waals surface area (Å²) in [5.41, 5.74) is 5.55. The molecule has 0 N–H and O–H groups in total. The van der Waals surface area contributed by atoms with Crippen LogP contribution in [0.4, 0.5) is 0 Å². The molecule has 0 spiro atoms. The molecule has 6 heteroatoms. The van der Waals surface area contributed by atoms with Gasteiger partial charge in [0.15, 0.2) is 10.8 Å². The number of amides is 1. The van der Waals surface area contributed by atoms with Crippen LogP contribution in [0.1, 0.15) is 36.5 Å². The maximum Gasteiger partial charge on any atom is 0.233 e.